The minimum Gasteiger partial charge on any atom is -0.282 e. The van der Waals surface area contributed by atoms with E-state index in [0.717, 1.165) is 128 Å². The van der Waals surface area contributed by atoms with Crippen molar-refractivity contribution in [2.45, 2.75) is 156 Å². The lowest BCUT2D eigenvalue weighted by atomic mass is 9.38. The maximum Gasteiger partial charge on any atom is 0.232 e. The minimum absolute atomic E-state index is 0.0245. The molecule has 0 aromatic heterocycles. The number of fused-ring (bicyclic) bond motifs is 4. The van der Waals surface area contributed by atoms with Crippen LogP contribution in [-0.2, 0) is 38.4 Å². The van der Waals surface area contributed by atoms with Crippen molar-refractivity contribution in [1.29, 1.82) is 0 Å². The second-order valence-corrected chi connectivity index (χ2v) is 27.7. The van der Waals surface area contributed by atoms with E-state index >= 15 is 0 Å². The molecule has 0 bridgehead atoms. The fourth-order valence-electron chi connectivity index (χ4n) is 23.4. The van der Waals surface area contributed by atoms with Gasteiger partial charge in [0, 0.05) is 73.5 Å². The smallest absolute Gasteiger partial charge is 0.232 e. The lowest BCUT2D eigenvalue weighted by Crippen LogP contribution is -2.68. The Kier molecular flexibility index (Phi) is 11.7. The van der Waals surface area contributed by atoms with Crippen LogP contribution >= 0.6 is 0 Å². The number of piperidine rings is 4. The molecule has 0 N–H and O–H groups in total. The van der Waals surface area contributed by atoms with E-state index in [0.29, 0.717) is 96.4 Å². The zero-order valence-electron chi connectivity index (χ0n) is 44.2. The second kappa shape index (κ2) is 17.8. The van der Waals surface area contributed by atoms with Crippen molar-refractivity contribution in [3.63, 3.8) is 0 Å². The molecule has 0 radical (unpaired) electrons. The molecule has 12 nitrogen and oxygen atoms in total. The van der Waals surface area contributed by atoms with Crippen LogP contribution in [0.15, 0.2) is 0 Å². The summed E-state index contributed by atoms with van der Waals surface area (Å²) in [5, 5.41) is 0. The van der Waals surface area contributed by atoms with Crippen molar-refractivity contribution in [1.82, 2.24) is 19.6 Å². The molecule has 4 aliphatic heterocycles. The van der Waals surface area contributed by atoms with Crippen LogP contribution in [0.1, 0.15) is 156 Å². The molecule has 10 aliphatic carbocycles. The molecule has 0 aromatic rings. The summed E-state index contributed by atoms with van der Waals surface area (Å²) in [6.45, 7) is 8.04. The van der Waals surface area contributed by atoms with Crippen LogP contribution in [0.2, 0.25) is 0 Å². The van der Waals surface area contributed by atoms with Crippen molar-refractivity contribution in [2.75, 3.05) is 26.2 Å². The molecule has 17 unspecified atom stereocenters. The Morgan fingerprint density at radius 3 is 0.781 bits per heavy atom. The monoisotopic (exact) mass is 1000 g/mol. The number of carbonyl (C=O) groups excluding carboxylic acids is 8. The molecule has 4 heterocycles. The van der Waals surface area contributed by atoms with Crippen LogP contribution in [0.3, 0.4) is 0 Å². The summed E-state index contributed by atoms with van der Waals surface area (Å²) in [5.74, 6) is 5.24. The van der Waals surface area contributed by atoms with E-state index in [9.17, 15) is 38.4 Å². The number of unbranched alkanes of at least 4 members (excludes halogenated alkanes) is 2. The van der Waals surface area contributed by atoms with Crippen LogP contribution in [0, 0.1) is 148 Å². The highest BCUT2D eigenvalue weighted by atomic mass is 16.2. The predicted octanol–water partition coefficient (Wildman–Crippen LogP) is 8.25. The standard InChI is InChI=1S/C61H84N4O8/c1-4-6-7-25-62-54(66)38-17-9-30-32-11-19-40-51-41(20-12-33(47(32)51)31-10-18-39(55(62)67)50(38)46(30)31)57(69)63(56(40)68)26-8-27-64-58(70)42-21-13-34-36-15-23-44-53-45(61(73)65(60(44)72)28-29(3)5-2)24-16-37(49(36)53)35-14-22-43(59(64)71)52(42)48(34)35/h29-53H,4-28H2,1-3H3. The first-order valence-electron chi connectivity index (χ1n) is 30.8. The van der Waals surface area contributed by atoms with Gasteiger partial charge in [-0.15, -0.1) is 0 Å². The van der Waals surface area contributed by atoms with Gasteiger partial charge in [-0.2, -0.15) is 0 Å². The van der Waals surface area contributed by atoms with Gasteiger partial charge < -0.3 is 0 Å². The molecule has 10 saturated carbocycles. The summed E-state index contributed by atoms with van der Waals surface area (Å²) in [4.78, 5) is 122. The number of rotatable bonds is 11. The topological polar surface area (TPSA) is 150 Å². The number of carbonyl (C=O) groups is 8. The minimum atomic E-state index is -0.170. The van der Waals surface area contributed by atoms with Gasteiger partial charge in [0.1, 0.15) is 0 Å². The summed E-state index contributed by atoms with van der Waals surface area (Å²) >= 11 is 0. The lowest BCUT2D eigenvalue weighted by molar-refractivity contribution is -0.210. The number of nitrogens with zero attached hydrogens (tertiary/aromatic N) is 4. The number of imide groups is 4. The molecule has 12 heteroatoms. The van der Waals surface area contributed by atoms with E-state index in [-0.39, 0.29) is 131 Å². The van der Waals surface area contributed by atoms with Gasteiger partial charge in [-0.3, -0.25) is 58.0 Å². The van der Waals surface area contributed by atoms with Gasteiger partial charge in [-0.1, -0.05) is 40.0 Å². The molecule has 17 atom stereocenters. The summed E-state index contributed by atoms with van der Waals surface area (Å²) < 4.78 is 0. The van der Waals surface area contributed by atoms with Gasteiger partial charge in [0.2, 0.25) is 47.3 Å². The Bertz CT molecular complexity index is 2230. The highest BCUT2D eigenvalue weighted by molar-refractivity contribution is 6.03. The number of hydrogen-bond acceptors (Lipinski definition) is 8. The fraction of sp³-hybridized carbons (Fsp3) is 0.869. The first kappa shape index (κ1) is 48.0. The summed E-state index contributed by atoms with van der Waals surface area (Å²) in [6.07, 6.45) is 18.9. The van der Waals surface area contributed by atoms with Gasteiger partial charge in [0.15, 0.2) is 0 Å². The third-order valence-electron chi connectivity index (χ3n) is 25.7. The highest BCUT2D eigenvalue weighted by Crippen LogP contribution is 2.71. The number of hydrogen-bond donors (Lipinski definition) is 0. The van der Waals surface area contributed by atoms with Gasteiger partial charge in [0.25, 0.3) is 0 Å². The van der Waals surface area contributed by atoms with E-state index in [1.165, 1.54) is 0 Å². The quantitative estimate of drug-likeness (QED) is 0.148. The average molecular weight is 1000 g/mol. The number of likely N-dealkylation sites (tertiary alicyclic amines) is 4. The molecule has 14 fully saturated rings. The van der Waals surface area contributed by atoms with Crippen LogP contribution in [-0.4, -0.2) is 93.0 Å². The molecule has 14 aliphatic rings. The Balaban J connectivity index is 0.641. The van der Waals surface area contributed by atoms with E-state index in [4.69, 9.17) is 0 Å². The first-order valence-corrected chi connectivity index (χ1v) is 30.8. The number of amides is 8. The first-order chi connectivity index (χ1) is 35.4. The summed E-state index contributed by atoms with van der Waals surface area (Å²) in [7, 11) is 0. The fourth-order valence-corrected chi connectivity index (χ4v) is 23.4. The molecule has 0 aromatic carbocycles. The molecular weight excluding hydrogens is 917 g/mol. The molecule has 0 spiro atoms. The largest absolute Gasteiger partial charge is 0.282 e. The van der Waals surface area contributed by atoms with Crippen molar-refractivity contribution in [3.8, 4) is 0 Å². The SMILES string of the molecule is CCCCCN1C(=O)C2CCC3C4CCC5C(=O)N(CCCN6C(=O)C7CCC8C9CCC%10C(=O)N(CC(C)CC)C(=O)C%11CCC(C%12CCC(C6=O)C7C8%12)C9C%10%11)C(=O)C6CCC(C7CCC(C1=O)C2C37)C4C56. The van der Waals surface area contributed by atoms with Gasteiger partial charge in [-0.25, -0.2) is 0 Å². The van der Waals surface area contributed by atoms with E-state index < -0.39 is 0 Å². The highest BCUT2D eigenvalue weighted by Gasteiger charge is 2.70. The molecule has 73 heavy (non-hydrogen) atoms. The molecule has 8 amide bonds. The summed E-state index contributed by atoms with van der Waals surface area (Å²) in [6, 6.07) is 0. The summed E-state index contributed by atoms with van der Waals surface area (Å²) in [5.41, 5.74) is 0. The third-order valence-corrected chi connectivity index (χ3v) is 25.7. The van der Waals surface area contributed by atoms with Crippen molar-refractivity contribution < 1.29 is 38.4 Å². The third kappa shape index (κ3) is 6.66. The Labute approximate surface area is 433 Å². The van der Waals surface area contributed by atoms with E-state index in [1.54, 1.807) is 19.6 Å². The predicted molar refractivity (Wildman–Crippen MR) is 268 cm³/mol. The van der Waals surface area contributed by atoms with Gasteiger partial charge in [-0.05, 0) is 216 Å². The Morgan fingerprint density at radius 2 is 0.548 bits per heavy atom. The molecule has 4 saturated heterocycles. The van der Waals surface area contributed by atoms with Crippen LogP contribution < -0.4 is 0 Å². The van der Waals surface area contributed by atoms with Crippen LogP contribution in [0.5, 0.6) is 0 Å². The molecule has 396 valence electrons. The second-order valence-electron chi connectivity index (χ2n) is 27.7. The van der Waals surface area contributed by atoms with Gasteiger partial charge >= 0.3 is 0 Å². The van der Waals surface area contributed by atoms with E-state index in [2.05, 4.69) is 20.8 Å². The maximum atomic E-state index is 14.8. The van der Waals surface area contributed by atoms with E-state index in [1.807, 2.05) is 0 Å². The van der Waals surface area contributed by atoms with Crippen molar-refractivity contribution in [2.24, 2.45) is 148 Å². The Morgan fingerprint density at radius 1 is 0.315 bits per heavy atom. The average Bonchev–Trinajstić information content (AvgIpc) is 3.41. The van der Waals surface area contributed by atoms with Crippen LogP contribution in [0.25, 0.3) is 0 Å². The van der Waals surface area contributed by atoms with Crippen LogP contribution in [0.4, 0.5) is 0 Å². The normalized spacial score (nSPS) is 49.2. The molecular formula is C61H84N4O8. The Hall–Kier alpha value is -3.44. The van der Waals surface area contributed by atoms with Crippen molar-refractivity contribution >= 4 is 47.3 Å². The van der Waals surface area contributed by atoms with Crippen molar-refractivity contribution in [3.05, 3.63) is 0 Å². The zero-order valence-corrected chi connectivity index (χ0v) is 44.2. The maximum absolute atomic E-state index is 14.8. The van der Waals surface area contributed by atoms with Gasteiger partial charge in [0.05, 0.1) is 0 Å². The molecule has 14 rings (SSSR count). The zero-order chi connectivity index (χ0) is 50.0. The lowest BCUT2D eigenvalue weighted by Gasteiger charge is -2.67.